The third kappa shape index (κ3) is 17.2. The van der Waals surface area contributed by atoms with Gasteiger partial charge in [0.2, 0.25) is 0 Å². The summed E-state index contributed by atoms with van der Waals surface area (Å²) in [6.07, 6.45) is 19.8. The Morgan fingerprint density at radius 2 is 1.11 bits per heavy atom. The summed E-state index contributed by atoms with van der Waals surface area (Å²) in [7, 11) is 0. The van der Waals surface area contributed by atoms with Gasteiger partial charge in [-0.25, -0.2) is 0 Å². The second-order valence-electron chi connectivity index (χ2n) is 8.08. The van der Waals surface area contributed by atoms with Gasteiger partial charge in [-0.2, -0.15) is 0 Å². The van der Waals surface area contributed by atoms with Crippen LogP contribution in [0.25, 0.3) is 0 Å². The van der Waals surface area contributed by atoms with E-state index < -0.39 is 18.1 Å². The van der Waals surface area contributed by atoms with Crippen LogP contribution in [0.15, 0.2) is 0 Å². The lowest BCUT2D eigenvalue weighted by atomic mass is 10.0. The Bertz CT molecular complexity index is 323. The fourth-order valence-corrected chi connectivity index (χ4v) is 3.56. The Balaban J connectivity index is 3.51. The molecule has 4 heteroatoms. The van der Waals surface area contributed by atoms with Crippen molar-refractivity contribution in [2.75, 3.05) is 6.54 Å². The van der Waals surface area contributed by atoms with Crippen LogP contribution >= 0.6 is 0 Å². The average Bonchev–Trinajstić information content (AvgIpc) is 2.65. The van der Waals surface area contributed by atoms with E-state index in [2.05, 4.69) is 19.2 Å². The Labute approximate surface area is 168 Å². The van der Waals surface area contributed by atoms with Crippen molar-refractivity contribution >= 4 is 5.97 Å². The molecule has 0 saturated heterocycles. The third-order valence-electron chi connectivity index (χ3n) is 5.40. The van der Waals surface area contributed by atoms with Crippen LogP contribution in [0.5, 0.6) is 0 Å². The van der Waals surface area contributed by atoms with Gasteiger partial charge in [-0.05, 0) is 19.4 Å². The molecule has 0 bridgehead atoms. The maximum absolute atomic E-state index is 11.3. The molecule has 0 amide bonds. The predicted octanol–water partition coefficient (Wildman–Crippen LogP) is 6.06. The van der Waals surface area contributed by atoms with Crippen molar-refractivity contribution < 1.29 is 15.0 Å². The predicted molar refractivity (Wildman–Crippen MR) is 115 cm³/mol. The Kier molecular flexibility index (Phi) is 19.7. The maximum atomic E-state index is 11.3. The molecule has 0 aromatic rings. The number of carboxylic acids is 1. The van der Waals surface area contributed by atoms with Crippen LogP contribution in [0, 0.1) is 0 Å². The Morgan fingerprint density at radius 3 is 1.56 bits per heavy atom. The lowest BCUT2D eigenvalue weighted by Gasteiger charge is -2.20. The Morgan fingerprint density at radius 1 is 0.704 bits per heavy atom. The monoisotopic (exact) mass is 385 g/mol. The summed E-state index contributed by atoms with van der Waals surface area (Å²) in [5.74, 6) is -0.936. The molecule has 0 heterocycles. The summed E-state index contributed by atoms with van der Waals surface area (Å²) < 4.78 is 0. The van der Waals surface area contributed by atoms with Gasteiger partial charge in [-0.3, -0.25) is 4.79 Å². The largest absolute Gasteiger partial charge is 0.480 e. The SMILES string of the molecule is CCCCCCCCCCCCCCC[C@H](O)[C@@H](NCCCCC)C(=O)O. The highest BCUT2D eigenvalue weighted by Crippen LogP contribution is 2.14. The number of hydrogen-bond donors (Lipinski definition) is 3. The van der Waals surface area contributed by atoms with Crippen LogP contribution in [-0.2, 0) is 4.79 Å². The van der Waals surface area contributed by atoms with E-state index in [-0.39, 0.29) is 0 Å². The van der Waals surface area contributed by atoms with Crippen molar-refractivity contribution in [3.05, 3.63) is 0 Å². The molecule has 0 saturated carbocycles. The van der Waals surface area contributed by atoms with Crippen LogP contribution in [-0.4, -0.2) is 34.9 Å². The maximum Gasteiger partial charge on any atom is 0.323 e. The second-order valence-corrected chi connectivity index (χ2v) is 8.08. The lowest BCUT2D eigenvalue weighted by Crippen LogP contribution is -2.46. The fraction of sp³-hybridized carbons (Fsp3) is 0.957. The smallest absolute Gasteiger partial charge is 0.323 e. The molecule has 0 aromatic heterocycles. The summed E-state index contributed by atoms with van der Waals surface area (Å²) in [5.41, 5.74) is 0. The highest BCUT2D eigenvalue weighted by molar-refractivity contribution is 5.74. The lowest BCUT2D eigenvalue weighted by molar-refractivity contribution is -0.142. The van der Waals surface area contributed by atoms with Crippen molar-refractivity contribution in [2.45, 2.75) is 135 Å². The molecule has 0 spiro atoms. The minimum Gasteiger partial charge on any atom is -0.480 e. The molecular formula is C23H47NO3. The van der Waals surface area contributed by atoms with E-state index in [1.54, 1.807) is 0 Å². The van der Waals surface area contributed by atoms with Crippen LogP contribution in [0.4, 0.5) is 0 Å². The minimum absolute atomic E-state index is 0.579. The van der Waals surface area contributed by atoms with Gasteiger partial charge in [0.15, 0.2) is 0 Å². The molecule has 0 rings (SSSR count). The zero-order valence-electron chi connectivity index (χ0n) is 18.2. The number of carbonyl (C=O) groups is 1. The number of carboxylic acid groups (broad SMARTS) is 1. The van der Waals surface area contributed by atoms with E-state index in [9.17, 15) is 15.0 Å². The number of aliphatic hydroxyl groups excluding tert-OH is 1. The van der Waals surface area contributed by atoms with Crippen LogP contribution in [0.3, 0.4) is 0 Å². The first-order valence-electron chi connectivity index (χ1n) is 11.8. The number of aliphatic hydroxyl groups is 1. The third-order valence-corrected chi connectivity index (χ3v) is 5.40. The van der Waals surface area contributed by atoms with Crippen LogP contribution in [0.1, 0.15) is 123 Å². The van der Waals surface area contributed by atoms with E-state index in [0.717, 1.165) is 32.1 Å². The molecule has 0 fully saturated rings. The average molecular weight is 386 g/mol. The van der Waals surface area contributed by atoms with E-state index in [4.69, 9.17) is 0 Å². The fourth-order valence-electron chi connectivity index (χ4n) is 3.56. The molecule has 162 valence electrons. The summed E-state index contributed by atoms with van der Waals surface area (Å²) in [6, 6.07) is -0.820. The number of rotatable bonds is 21. The number of hydrogen-bond acceptors (Lipinski definition) is 3. The molecule has 3 N–H and O–H groups in total. The molecule has 0 unspecified atom stereocenters. The van der Waals surface area contributed by atoms with Gasteiger partial charge < -0.3 is 15.5 Å². The van der Waals surface area contributed by atoms with Crippen molar-refractivity contribution in [3.8, 4) is 0 Å². The van der Waals surface area contributed by atoms with E-state index in [0.29, 0.717) is 13.0 Å². The molecular weight excluding hydrogens is 338 g/mol. The molecule has 4 nitrogen and oxygen atoms in total. The number of nitrogens with one attached hydrogen (secondary N) is 1. The first-order chi connectivity index (χ1) is 13.1. The standard InChI is InChI=1S/C23H47NO3/c1-3-5-7-8-9-10-11-12-13-14-15-16-17-19-21(25)22(23(26)27)24-20-18-6-4-2/h21-22,24-25H,3-20H2,1-2H3,(H,26,27)/t21-,22+/m0/s1. The Hall–Kier alpha value is -0.610. The summed E-state index contributed by atoms with van der Waals surface area (Å²) in [4.78, 5) is 11.3. The molecule has 0 aliphatic heterocycles. The van der Waals surface area contributed by atoms with Crippen molar-refractivity contribution in [3.63, 3.8) is 0 Å². The topological polar surface area (TPSA) is 69.6 Å². The van der Waals surface area contributed by atoms with Gasteiger partial charge in [-0.15, -0.1) is 0 Å². The highest BCUT2D eigenvalue weighted by atomic mass is 16.4. The number of aliphatic carboxylic acids is 1. The van der Waals surface area contributed by atoms with Gasteiger partial charge in [0, 0.05) is 0 Å². The molecule has 0 aromatic carbocycles. The van der Waals surface area contributed by atoms with E-state index in [1.165, 1.54) is 70.6 Å². The summed E-state index contributed by atoms with van der Waals surface area (Å²) in [6.45, 7) is 5.05. The highest BCUT2D eigenvalue weighted by Gasteiger charge is 2.25. The van der Waals surface area contributed by atoms with E-state index >= 15 is 0 Å². The van der Waals surface area contributed by atoms with Gasteiger partial charge in [0.05, 0.1) is 6.10 Å². The van der Waals surface area contributed by atoms with Gasteiger partial charge in [0.1, 0.15) is 6.04 Å². The summed E-state index contributed by atoms with van der Waals surface area (Å²) in [5, 5.41) is 22.5. The summed E-state index contributed by atoms with van der Waals surface area (Å²) >= 11 is 0. The number of unbranched alkanes of at least 4 members (excludes halogenated alkanes) is 14. The zero-order valence-corrected chi connectivity index (χ0v) is 18.2. The molecule has 2 atom stereocenters. The molecule has 0 radical (unpaired) electrons. The normalized spacial score (nSPS) is 13.6. The van der Waals surface area contributed by atoms with Gasteiger partial charge in [0.25, 0.3) is 0 Å². The molecule has 0 aliphatic carbocycles. The van der Waals surface area contributed by atoms with Crippen molar-refractivity contribution in [2.24, 2.45) is 0 Å². The van der Waals surface area contributed by atoms with E-state index in [1.807, 2.05) is 0 Å². The molecule has 27 heavy (non-hydrogen) atoms. The first-order valence-corrected chi connectivity index (χ1v) is 11.8. The van der Waals surface area contributed by atoms with Crippen molar-refractivity contribution in [1.82, 2.24) is 5.32 Å². The van der Waals surface area contributed by atoms with Crippen molar-refractivity contribution in [1.29, 1.82) is 0 Å². The quantitative estimate of drug-likeness (QED) is 0.210. The van der Waals surface area contributed by atoms with Crippen LogP contribution < -0.4 is 5.32 Å². The van der Waals surface area contributed by atoms with Gasteiger partial charge >= 0.3 is 5.97 Å². The minimum atomic E-state index is -0.936. The zero-order chi connectivity index (χ0) is 20.2. The van der Waals surface area contributed by atoms with Gasteiger partial charge in [-0.1, -0.05) is 110 Å². The van der Waals surface area contributed by atoms with Crippen LogP contribution in [0.2, 0.25) is 0 Å². The molecule has 0 aliphatic rings. The second kappa shape index (κ2) is 20.1. The first kappa shape index (κ1) is 26.4.